The predicted octanol–water partition coefficient (Wildman–Crippen LogP) is 3.65. The molecule has 1 atom stereocenters. The van der Waals surface area contributed by atoms with Crippen molar-refractivity contribution in [3.05, 3.63) is 84.2 Å². The molecular weight excluding hydrogens is 368 g/mol. The number of carbonyl (C=O) groups is 1. The summed E-state index contributed by atoms with van der Waals surface area (Å²) in [5.41, 5.74) is 2.05. The van der Waals surface area contributed by atoms with Crippen LogP contribution in [0.25, 0.3) is 11.5 Å². The maximum atomic E-state index is 12.4. The molecule has 3 aromatic heterocycles. The fraction of sp³-hybridized carbons (Fsp3) is 0.0952. The van der Waals surface area contributed by atoms with Crippen molar-refractivity contribution >= 4 is 11.9 Å². The Kier molecular flexibility index (Phi) is 5.24. The minimum Gasteiger partial charge on any atom is -0.470 e. The van der Waals surface area contributed by atoms with E-state index in [1.165, 1.54) is 6.20 Å². The number of nitrogens with one attached hydrogen (secondary N) is 2. The van der Waals surface area contributed by atoms with Gasteiger partial charge in [0, 0.05) is 18.5 Å². The first kappa shape index (κ1) is 18.3. The third-order valence-corrected chi connectivity index (χ3v) is 4.18. The zero-order valence-corrected chi connectivity index (χ0v) is 15.6. The SMILES string of the molecule is C[C@H](Oc1ccc(C(=O)Nc2n[nH]c(-c3ccccn3)n2)cn1)c1ccccc1. The van der Waals surface area contributed by atoms with E-state index in [0.717, 1.165) is 5.56 Å². The van der Waals surface area contributed by atoms with Crippen molar-refractivity contribution < 1.29 is 9.53 Å². The molecule has 144 valence electrons. The summed E-state index contributed by atoms with van der Waals surface area (Å²) in [5.74, 6) is 0.700. The van der Waals surface area contributed by atoms with Crippen LogP contribution in [-0.4, -0.2) is 31.1 Å². The first-order chi connectivity index (χ1) is 14.2. The number of H-pyrrole nitrogens is 1. The Morgan fingerprint density at radius 1 is 1.03 bits per heavy atom. The summed E-state index contributed by atoms with van der Waals surface area (Å²) < 4.78 is 5.83. The number of amides is 1. The summed E-state index contributed by atoms with van der Waals surface area (Å²) in [5, 5.41) is 9.38. The van der Waals surface area contributed by atoms with Gasteiger partial charge in [-0.15, -0.1) is 5.10 Å². The van der Waals surface area contributed by atoms with Gasteiger partial charge in [-0.2, -0.15) is 4.98 Å². The summed E-state index contributed by atoms with van der Waals surface area (Å²) in [6.07, 6.45) is 2.96. The average Bonchev–Trinajstić information content (AvgIpc) is 3.24. The normalized spacial score (nSPS) is 11.6. The number of nitrogens with zero attached hydrogens (tertiary/aromatic N) is 4. The Bertz CT molecular complexity index is 1080. The van der Waals surface area contributed by atoms with Gasteiger partial charge in [-0.1, -0.05) is 36.4 Å². The van der Waals surface area contributed by atoms with Gasteiger partial charge in [0.1, 0.15) is 11.8 Å². The van der Waals surface area contributed by atoms with Crippen molar-refractivity contribution in [3.63, 3.8) is 0 Å². The van der Waals surface area contributed by atoms with E-state index in [1.807, 2.05) is 49.4 Å². The summed E-state index contributed by atoms with van der Waals surface area (Å²) >= 11 is 0. The summed E-state index contributed by atoms with van der Waals surface area (Å²) in [6, 6.07) is 18.6. The van der Waals surface area contributed by atoms with Crippen LogP contribution in [0.2, 0.25) is 0 Å². The highest BCUT2D eigenvalue weighted by atomic mass is 16.5. The van der Waals surface area contributed by atoms with Gasteiger partial charge >= 0.3 is 0 Å². The molecule has 0 saturated carbocycles. The third kappa shape index (κ3) is 4.44. The van der Waals surface area contributed by atoms with Crippen molar-refractivity contribution in [2.24, 2.45) is 0 Å². The van der Waals surface area contributed by atoms with Crippen LogP contribution < -0.4 is 10.1 Å². The molecule has 4 aromatic rings. The zero-order valence-electron chi connectivity index (χ0n) is 15.6. The highest BCUT2D eigenvalue weighted by Crippen LogP contribution is 2.20. The fourth-order valence-electron chi connectivity index (χ4n) is 2.67. The highest BCUT2D eigenvalue weighted by molar-refractivity contribution is 6.03. The number of anilines is 1. The first-order valence-electron chi connectivity index (χ1n) is 9.02. The molecule has 8 heteroatoms. The van der Waals surface area contributed by atoms with Crippen molar-refractivity contribution in [2.45, 2.75) is 13.0 Å². The zero-order chi connectivity index (χ0) is 20.1. The lowest BCUT2D eigenvalue weighted by Crippen LogP contribution is -2.13. The van der Waals surface area contributed by atoms with Crippen LogP contribution in [0.3, 0.4) is 0 Å². The Labute approximate surface area is 167 Å². The number of aromatic nitrogens is 5. The number of hydrogen-bond acceptors (Lipinski definition) is 6. The van der Waals surface area contributed by atoms with E-state index in [1.54, 1.807) is 24.4 Å². The maximum Gasteiger partial charge on any atom is 0.259 e. The minimum atomic E-state index is -0.369. The van der Waals surface area contributed by atoms with E-state index < -0.39 is 0 Å². The fourth-order valence-corrected chi connectivity index (χ4v) is 2.67. The predicted molar refractivity (Wildman–Crippen MR) is 107 cm³/mol. The number of hydrogen-bond donors (Lipinski definition) is 2. The number of carbonyl (C=O) groups excluding carboxylic acids is 1. The van der Waals surface area contributed by atoms with Gasteiger partial charge in [0.2, 0.25) is 11.8 Å². The number of aromatic amines is 1. The molecule has 0 aliphatic carbocycles. The van der Waals surface area contributed by atoms with Crippen molar-refractivity contribution in [2.75, 3.05) is 5.32 Å². The second-order valence-corrected chi connectivity index (χ2v) is 6.23. The Balaban J connectivity index is 1.39. The number of pyridine rings is 2. The molecule has 0 spiro atoms. The molecule has 3 heterocycles. The van der Waals surface area contributed by atoms with E-state index in [4.69, 9.17) is 4.74 Å². The largest absolute Gasteiger partial charge is 0.470 e. The van der Waals surface area contributed by atoms with Crippen LogP contribution in [-0.2, 0) is 0 Å². The molecule has 1 amide bonds. The highest BCUT2D eigenvalue weighted by Gasteiger charge is 2.13. The van der Waals surface area contributed by atoms with E-state index in [0.29, 0.717) is 23.0 Å². The summed E-state index contributed by atoms with van der Waals surface area (Å²) in [6.45, 7) is 1.94. The summed E-state index contributed by atoms with van der Waals surface area (Å²) in [7, 11) is 0. The second kappa shape index (κ2) is 8.30. The van der Waals surface area contributed by atoms with Gasteiger partial charge < -0.3 is 4.74 Å². The molecule has 0 unspecified atom stereocenters. The molecule has 8 nitrogen and oxygen atoms in total. The molecular formula is C21H18N6O2. The first-order valence-corrected chi connectivity index (χ1v) is 9.02. The van der Waals surface area contributed by atoms with Gasteiger partial charge in [0.15, 0.2) is 5.82 Å². The van der Waals surface area contributed by atoms with Crippen molar-refractivity contribution in [1.29, 1.82) is 0 Å². The smallest absolute Gasteiger partial charge is 0.259 e. The van der Waals surface area contributed by atoms with Crippen LogP contribution >= 0.6 is 0 Å². The lowest BCUT2D eigenvalue weighted by atomic mass is 10.1. The molecule has 29 heavy (non-hydrogen) atoms. The van der Waals surface area contributed by atoms with Crippen LogP contribution in [0, 0.1) is 0 Å². The Hall–Kier alpha value is -4.07. The van der Waals surface area contributed by atoms with Crippen LogP contribution in [0.5, 0.6) is 5.88 Å². The number of rotatable bonds is 6. The monoisotopic (exact) mass is 386 g/mol. The van der Waals surface area contributed by atoms with Gasteiger partial charge in [0.05, 0.1) is 5.56 Å². The molecule has 2 N–H and O–H groups in total. The molecule has 4 rings (SSSR count). The molecule has 1 aromatic carbocycles. The molecule has 0 aliphatic heterocycles. The third-order valence-electron chi connectivity index (χ3n) is 4.18. The molecule has 0 aliphatic rings. The quantitative estimate of drug-likeness (QED) is 0.524. The van der Waals surface area contributed by atoms with Crippen molar-refractivity contribution in [3.8, 4) is 17.4 Å². The minimum absolute atomic E-state index is 0.151. The Morgan fingerprint density at radius 2 is 1.86 bits per heavy atom. The molecule has 0 fully saturated rings. The van der Waals surface area contributed by atoms with Gasteiger partial charge in [-0.05, 0) is 30.7 Å². The van der Waals surface area contributed by atoms with Crippen LogP contribution in [0.15, 0.2) is 73.1 Å². The molecule has 0 bridgehead atoms. The van der Waals surface area contributed by atoms with Gasteiger partial charge in [0.25, 0.3) is 5.91 Å². The average molecular weight is 386 g/mol. The lowest BCUT2D eigenvalue weighted by Gasteiger charge is -2.14. The molecule has 0 radical (unpaired) electrons. The lowest BCUT2D eigenvalue weighted by molar-refractivity contribution is 0.102. The second-order valence-electron chi connectivity index (χ2n) is 6.23. The van der Waals surface area contributed by atoms with Gasteiger partial charge in [-0.3, -0.25) is 20.2 Å². The standard InChI is InChI=1S/C21H18N6O2/c1-14(15-7-3-2-4-8-15)29-18-11-10-16(13-23-18)20(28)25-21-24-19(26-27-21)17-9-5-6-12-22-17/h2-14H,1H3,(H2,24,25,26,27,28)/t14-/m0/s1. The van der Waals surface area contributed by atoms with Gasteiger partial charge in [-0.25, -0.2) is 4.98 Å². The van der Waals surface area contributed by atoms with E-state index in [9.17, 15) is 4.79 Å². The van der Waals surface area contributed by atoms with E-state index in [-0.39, 0.29) is 18.0 Å². The number of benzene rings is 1. The molecule has 0 saturated heterocycles. The van der Waals surface area contributed by atoms with E-state index in [2.05, 4.69) is 30.5 Å². The van der Waals surface area contributed by atoms with E-state index >= 15 is 0 Å². The Morgan fingerprint density at radius 3 is 2.59 bits per heavy atom. The van der Waals surface area contributed by atoms with Crippen LogP contribution in [0.1, 0.15) is 28.9 Å². The number of ether oxygens (including phenoxy) is 1. The summed E-state index contributed by atoms with van der Waals surface area (Å²) in [4.78, 5) is 25.0. The van der Waals surface area contributed by atoms with Crippen molar-refractivity contribution in [1.82, 2.24) is 25.1 Å². The van der Waals surface area contributed by atoms with Crippen LogP contribution in [0.4, 0.5) is 5.95 Å². The topological polar surface area (TPSA) is 106 Å². The maximum absolute atomic E-state index is 12.4.